The number of methoxy groups -OCH3 is 1. The van der Waals surface area contributed by atoms with Crippen LogP contribution in [0.15, 0.2) is 24.3 Å². The second-order valence-corrected chi connectivity index (χ2v) is 7.46. The number of amides is 1. The van der Waals surface area contributed by atoms with Crippen LogP contribution in [0.3, 0.4) is 0 Å². The molecule has 0 spiro atoms. The van der Waals surface area contributed by atoms with Crippen molar-refractivity contribution in [3.63, 3.8) is 0 Å². The highest BCUT2D eigenvalue weighted by Gasteiger charge is 2.19. The highest BCUT2D eigenvalue weighted by atomic mass is 35.5. The van der Waals surface area contributed by atoms with Crippen molar-refractivity contribution >= 4 is 40.2 Å². The van der Waals surface area contributed by atoms with Gasteiger partial charge in [0.15, 0.2) is 12.3 Å². The number of nitro groups is 1. The molecule has 9 heteroatoms. The van der Waals surface area contributed by atoms with Crippen molar-refractivity contribution in [3.05, 3.63) is 49.2 Å². The molecule has 1 heterocycles. The third-order valence-corrected chi connectivity index (χ3v) is 4.79. The quantitative estimate of drug-likeness (QED) is 0.566. The lowest BCUT2D eigenvalue weighted by Crippen LogP contribution is -3.08. The van der Waals surface area contributed by atoms with Crippen molar-refractivity contribution in [1.29, 1.82) is 0 Å². The van der Waals surface area contributed by atoms with Crippen LogP contribution in [0.4, 0.5) is 11.4 Å². The molecule has 2 N–H and O–H groups in total. The molecule has 25 heavy (non-hydrogen) atoms. The van der Waals surface area contributed by atoms with Crippen molar-refractivity contribution in [2.24, 2.45) is 0 Å². The Kier molecular flexibility index (Phi) is 6.35. The minimum absolute atomic E-state index is 0.111. The van der Waals surface area contributed by atoms with Gasteiger partial charge in [0, 0.05) is 17.8 Å². The fraction of sp³-hybridized carbons (Fsp3) is 0.312. The number of aryl methyl sites for hydroxylation is 1. The number of rotatable bonds is 7. The molecule has 1 aromatic heterocycles. The van der Waals surface area contributed by atoms with Crippen LogP contribution >= 0.6 is 22.9 Å². The predicted molar refractivity (Wildman–Crippen MR) is 97.8 cm³/mol. The molecule has 1 aromatic carbocycles. The van der Waals surface area contributed by atoms with Gasteiger partial charge >= 0.3 is 5.69 Å². The van der Waals surface area contributed by atoms with Gasteiger partial charge in [-0.25, -0.2) is 0 Å². The monoisotopic (exact) mass is 384 g/mol. The molecular weight excluding hydrogens is 366 g/mol. The largest absolute Gasteiger partial charge is 0.490 e. The molecule has 1 unspecified atom stereocenters. The fourth-order valence-electron chi connectivity index (χ4n) is 2.39. The average Bonchev–Trinajstić information content (AvgIpc) is 2.93. The van der Waals surface area contributed by atoms with E-state index in [9.17, 15) is 14.9 Å². The molecular formula is C16H19ClN3O4S+. The number of halogens is 1. The number of nitrogens with one attached hydrogen (secondary N) is 2. The van der Waals surface area contributed by atoms with E-state index < -0.39 is 4.92 Å². The molecule has 1 atom stereocenters. The van der Waals surface area contributed by atoms with Gasteiger partial charge in [-0.1, -0.05) is 11.6 Å². The summed E-state index contributed by atoms with van der Waals surface area (Å²) in [6.45, 7) is 2.65. The third-order valence-electron chi connectivity index (χ3n) is 3.56. The normalized spacial score (nSPS) is 11.8. The predicted octanol–water partition coefficient (Wildman–Crippen LogP) is 2.28. The van der Waals surface area contributed by atoms with Gasteiger partial charge in [0.25, 0.3) is 5.91 Å². The molecule has 0 bridgehead atoms. The Labute approximate surface area is 154 Å². The van der Waals surface area contributed by atoms with Crippen LogP contribution in [0.5, 0.6) is 5.75 Å². The maximum absolute atomic E-state index is 12.3. The summed E-state index contributed by atoms with van der Waals surface area (Å²) in [6.07, 6.45) is 0. The Morgan fingerprint density at radius 1 is 1.44 bits per heavy atom. The van der Waals surface area contributed by atoms with Crippen LogP contribution in [-0.2, 0) is 11.3 Å². The SMILES string of the molecule is COc1cc(NC(=O)C[NH+](C)Cc2ccc(Cl)s2)c(C)cc1[N+](=O)[O-]. The summed E-state index contributed by atoms with van der Waals surface area (Å²) in [6, 6.07) is 6.64. The fourth-order valence-corrected chi connectivity index (χ4v) is 3.59. The number of ether oxygens (including phenoxy) is 1. The van der Waals surface area contributed by atoms with Gasteiger partial charge in [0.2, 0.25) is 0 Å². The first kappa shape index (κ1) is 19.2. The molecule has 7 nitrogen and oxygen atoms in total. The van der Waals surface area contributed by atoms with E-state index >= 15 is 0 Å². The van der Waals surface area contributed by atoms with Gasteiger partial charge < -0.3 is 15.0 Å². The number of carbonyl (C=O) groups is 1. The number of hydrogen-bond donors (Lipinski definition) is 2. The smallest absolute Gasteiger partial charge is 0.311 e. The first-order valence-corrected chi connectivity index (χ1v) is 8.68. The van der Waals surface area contributed by atoms with E-state index in [1.807, 2.05) is 19.2 Å². The van der Waals surface area contributed by atoms with Gasteiger partial charge in [0.05, 0.1) is 28.3 Å². The third kappa shape index (κ3) is 5.15. The zero-order valence-corrected chi connectivity index (χ0v) is 15.7. The van der Waals surface area contributed by atoms with Crippen molar-refractivity contribution in [3.8, 4) is 5.75 Å². The van der Waals surface area contributed by atoms with Gasteiger partial charge in [-0.3, -0.25) is 14.9 Å². The highest BCUT2D eigenvalue weighted by molar-refractivity contribution is 7.16. The second-order valence-electron chi connectivity index (χ2n) is 5.66. The molecule has 2 rings (SSSR count). The van der Waals surface area contributed by atoms with Crippen LogP contribution in [0.25, 0.3) is 0 Å². The van der Waals surface area contributed by atoms with Crippen LogP contribution in [0.2, 0.25) is 4.34 Å². The molecule has 0 radical (unpaired) electrons. The Hall–Kier alpha value is -2.16. The maximum Gasteiger partial charge on any atom is 0.311 e. The Morgan fingerprint density at radius 2 is 2.16 bits per heavy atom. The lowest BCUT2D eigenvalue weighted by atomic mass is 10.1. The van der Waals surface area contributed by atoms with Crippen molar-refractivity contribution < 1.29 is 19.4 Å². The van der Waals surface area contributed by atoms with Gasteiger partial charge in [-0.2, -0.15) is 0 Å². The number of nitro benzene ring substituents is 1. The van der Waals surface area contributed by atoms with E-state index in [2.05, 4.69) is 5.32 Å². The van der Waals surface area contributed by atoms with E-state index in [1.165, 1.54) is 30.6 Å². The minimum Gasteiger partial charge on any atom is -0.490 e. The summed E-state index contributed by atoms with van der Waals surface area (Å²) < 4.78 is 5.76. The molecule has 0 aliphatic carbocycles. The molecule has 134 valence electrons. The number of anilines is 1. The molecule has 0 aliphatic rings. The lowest BCUT2D eigenvalue weighted by molar-refractivity contribution is -0.884. The molecule has 1 amide bonds. The zero-order chi connectivity index (χ0) is 18.6. The summed E-state index contributed by atoms with van der Waals surface area (Å²) in [5, 5.41) is 13.8. The van der Waals surface area contributed by atoms with Crippen LogP contribution in [-0.4, -0.2) is 31.5 Å². The number of carbonyl (C=O) groups excluding carboxylic acids is 1. The van der Waals surface area contributed by atoms with E-state index in [4.69, 9.17) is 16.3 Å². The summed E-state index contributed by atoms with van der Waals surface area (Å²) >= 11 is 7.40. The molecule has 0 saturated heterocycles. The first-order chi connectivity index (χ1) is 11.8. The van der Waals surface area contributed by atoms with Crippen molar-refractivity contribution in [2.75, 3.05) is 26.0 Å². The number of thiophene rings is 1. The summed E-state index contributed by atoms with van der Waals surface area (Å²) in [5.41, 5.74) is 0.971. The van der Waals surface area contributed by atoms with Crippen molar-refractivity contribution in [1.82, 2.24) is 0 Å². The molecule has 0 saturated carbocycles. The summed E-state index contributed by atoms with van der Waals surface area (Å²) in [4.78, 5) is 24.9. The summed E-state index contributed by atoms with van der Waals surface area (Å²) in [5.74, 6) is -0.0704. The van der Waals surface area contributed by atoms with E-state index in [-0.39, 0.29) is 23.9 Å². The Morgan fingerprint density at radius 3 is 2.72 bits per heavy atom. The van der Waals surface area contributed by atoms with Gasteiger partial charge in [-0.15, -0.1) is 11.3 Å². The lowest BCUT2D eigenvalue weighted by Gasteiger charge is -2.14. The summed E-state index contributed by atoms with van der Waals surface area (Å²) in [7, 11) is 3.27. The van der Waals surface area contributed by atoms with Crippen LogP contribution in [0, 0.1) is 17.0 Å². The van der Waals surface area contributed by atoms with Crippen LogP contribution in [0.1, 0.15) is 10.4 Å². The molecule has 0 fully saturated rings. The van der Waals surface area contributed by atoms with Gasteiger partial charge in [-0.05, 0) is 24.6 Å². The first-order valence-electron chi connectivity index (χ1n) is 7.48. The topological polar surface area (TPSA) is 85.9 Å². The average molecular weight is 385 g/mol. The molecule has 2 aromatic rings. The highest BCUT2D eigenvalue weighted by Crippen LogP contribution is 2.32. The van der Waals surface area contributed by atoms with E-state index in [1.54, 1.807) is 6.92 Å². The number of quaternary nitrogens is 1. The number of likely N-dealkylation sites (N-methyl/N-ethyl adjacent to an activating group) is 1. The molecule has 0 aliphatic heterocycles. The second kappa shape index (κ2) is 8.28. The van der Waals surface area contributed by atoms with E-state index in [0.717, 1.165) is 14.1 Å². The Bertz CT molecular complexity index is 794. The number of nitrogens with zero attached hydrogens (tertiary/aromatic N) is 1. The zero-order valence-electron chi connectivity index (χ0n) is 14.1. The standard InChI is InChI=1S/C16H18ClN3O4S/c1-10-6-13(20(22)23)14(24-3)7-12(10)18-16(21)9-19(2)8-11-4-5-15(17)25-11/h4-7H,8-9H2,1-3H3,(H,18,21)/p+1. The van der Waals surface area contributed by atoms with Crippen LogP contribution < -0.4 is 15.0 Å². The maximum atomic E-state index is 12.3. The van der Waals surface area contributed by atoms with Crippen molar-refractivity contribution in [2.45, 2.75) is 13.5 Å². The van der Waals surface area contributed by atoms with E-state index in [0.29, 0.717) is 17.8 Å². The number of hydrogen-bond acceptors (Lipinski definition) is 5. The minimum atomic E-state index is -0.512. The Balaban J connectivity index is 2.03. The van der Waals surface area contributed by atoms with Gasteiger partial charge in [0.1, 0.15) is 6.54 Å². The number of benzene rings is 1.